The van der Waals surface area contributed by atoms with E-state index in [1.54, 1.807) is 18.6 Å². The maximum atomic E-state index is 11.3. The Balaban J connectivity index is 2.18. The molecule has 0 aromatic carbocycles. The summed E-state index contributed by atoms with van der Waals surface area (Å²) < 4.78 is 9.95. The highest BCUT2D eigenvalue weighted by Crippen LogP contribution is 2.06. The van der Waals surface area contributed by atoms with E-state index >= 15 is 0 Å². The van der Waals surface area contributed by atoms with Crippen molar-refractivity contribution in [2.24, 2.45) is 0 Å². The van der Waals surface area contributed by atoms with Crippen LogP contribution in [0.2, 0.25) is 0 Å². The molecule has 0 unspecified atom stereocenters. The predicted molar refractivity (Wildman–Crippen MR) is 64.4 cm³/mol. The van der Waals surface area contributed by atoms with E-state index in [1.807, 2.05) is 20.8 Å². The van der Waals surface area contributed by atoms with Crippen LogP contribution in [0.15, 0.2) is 23.0 Å². The minimum atomic E-state index is -0.466. The Morgan fingerprint density at radius 3 is 2.88 bits per heavy atom. The van der Waals surface area contributed by atoms with Gasteiger partial charge < -0.3 is 14.5 Å². The second kappa shape index (κ2) is 6.00. The summed E-state index contributed by atoms with van der Waals surface area (Å²) in [5.41, 5.74) is 0.370. The third-order valence-electron chi connectivity index (χ3n) is 1.67. The van der Waals surface area contributed by atoms with Crippen LogP contribution in [-0.4, -0.2) is 18.2 Å². The van der Waals surface area contributed by atoms with Gasteiger partial charge in [0.2, 0.25) is 0 Å². The smallest absolute Gasteiger partial charge is 0.407 e. The van der Waals surface area contributed by atoms with Gasteiger partial charge in [0.25, 0.3) is 0 Å². The number of nitrogens with one attached hydrogen (secondary N) is 1. The molecule has 1 aromatic rings. The summed E-state index contributed by atoms with van der Waals surface area (Å²) in [6, 6.07) is 1.79. The van der Waals surface area contributed by atoms with Crippen LogP contribution in [0.1, 0.15) is 32.8 Å². The fourth-order valence-electron chi connectivity index (χ4n) is 1.04. The molecule has 1 aromatic heterocycles. The van der Waals surface area contributed by atoms with E-state index < -0.39 is 11.7 Å². The van der Waals surface area contributed by atoms with Crippen molar-refractivity contribution >= 4 is 6.09 Å². The quantitative estimate of drug-likeness (QED) is 0.633. The van der Waals surface area contributed by atoms with Crippen LogP contribution in [-0.2, 0) is 4.74 Å². The van der Waals surface area contributed by atoms with Crippen LogP contribution in [0, 0.1) is 11.8 Å². The molecule has 0 aliphatic rings. The van der Waals surface area contributed by atoms with Gasteiger partial charge in [-0.3, -0.25) is 0 Å². The fraction of sp³-hybridized carbons (Fsp3) is 0.462. The number of furan rings is 1. The molecule has 0 saturated heterocycles. The third kappa shape index (κ3) is 6.31. The summed E-state index contributed by atoms with van der Waals surface area (Å²) in [5.74, 6) is 5.84. The molecule has 0 aliphatic carbocycles. The zero-order valence-corrected chi connectivity index (χ0v) is 10.4. The van der Waals surface area contributed by atoms with Gasteiger partial charge in [-0.25, -0.2) is 4.79 Å². The Morgan fingerprint density at radius 1 is 1.53 bits per heavy atom. The summed E-state index contributed by atoms with van der Waals surface area (Å²) in [5, 5.41) is 2.63. The fourth-order valence-corrected chi connectivity index (χ4v) is 1.04. The van der Waals surface area contributed by atoms with Crippen LogP contribution < -0.4 is 5.32 Å². The summed E-state index contributed by atoms with van der Waals surface area (Å²) >= 11 is 0. The minimum absolute atomic E-state index is 0.414. The lowest BCUT2D eigenvalue weighted by Crippen LogP contribution is -2.32. The van der Waals surface area contributed by atoms with Crippen molar-refractivity contribution in [1.82, 2.24) is 5.32 Å². The first-order valence-corrected chi connectivity index (χ1v) is 5.45. The van der Waals surface area contributed by atoms with Crippen molar-refractivity contribution in [2.75, 3.05) is 6.54 Å². The first-order chi connectivity index (χ1) is 7.97. The third-order valence-corrected chi connectivity index (χ3v) is 1.67. The maximum Gasteiger partial charge on any atom is 0.407 e. The molecule has 1 heterocycles. The Bertz CT molecular complexity index is 404. The average molecular weight is 235 g/mol. The van der Waals surface area contributed by atoms with E-state index in [1.165, 1.54) is 0 Å². The Hall–Kier alpha value is -1.89. The zero-order valence-electron chi connectivity index (χ0n) is 10.4. The van der Waals surface area contributed by atoms with E-state index in [4.69, 9.17) is 9.15 Å². The number of hydrogen-bond donors (Lipinski definition) is 1. The lowest BCUT2D eigenvalue weighted by atomic mass is 10.2. The molecule has 4 heteroatoms. The van der Waals surface area contributed by atoms with Crippen LogP contribution in [0.4, 0.5) is 4.79 Å². The van der Waals surface area contributed by atoms with Gasteiger partial charge in [-0.1, -0.05) is 11.8 Å². The van der Waals surface area contributed by atoms with Gasteiger partial charge in [0.05, 0.1) is 11.8 Å². The molecular weight excluding hydrogens is 218 g/mol. The van der Waals surface area contributed by atoms with E-state index in [-0.39, 0.29) is 0 Å². The van der Waals surface area contributed by atoms with E-state index in [0.717, 1.165) is 5.56 Å². The van der Waals surface area contributed by atoms with Crippen molar-refractivity contribution in [1.29, 1.82) is 0 Å². The first kappa shape index (κ1) is 13.2. The molecule has 4 nitrogen and oxygen atoms in total. The van der Waals surface area contributed by atoms with E-state index in [9.17, 15) is 4.79 Å². The summed E-state index contributed by atoms with van der Waals surface area (Å²) in [4.78, 5) is 11.3. The minimum Gasteiger partial charge on any atom is -0.471 e. The summed E-state index contributed by atoms with van der Waals surface area (Å²) in [6.07, 6.45) is 3.31. The van der Waals surface area contributed by atoms with Gasteiger partial charge in [0.1, 0.15) is 11.9 Å². The Labute approximate surface area is 101 Å². The highest BCUT2D eigenvalue weighted by atomic mass is 16.6. The number of rotatable bonds is 2. The molecule has 0 radical (unpaired) electrons. The van der Waals surface area contributed by atoms with Crippen molar-refractivity contribution in [2.45, 2.75) is 32.8 Å². The predicted octanol–water partition coefficient (Wildman–Crippen LogP) is 2.55. The molecule has 1 rings (SSSR count). The highest BCUT2D eigenvalue weighted by molar-refractivity contribution is 5.67. The molecule has 0 atom stereocenters. The van der Waals surface area contributed by atoms with Crippen LogP contribution in [0.5, 0.6) is 0 Å². The molecule has 0 spiro atoms. The summed E-state index contributed by atoms with van der Waals surface area (Å²) in [6.45, 7) is 5.95. The van der Waals surface area contributed by atoms with Crippen molar-refractivity contribution in [3.8, 4) is 11.8 Å². The lowest BCUT2D eigenvalue weighted by molar-refractivity contribution is 0.0529. The standard InChI is InChI=1S/C13H17NO3/c1-13(2,3)17-12(15)14-8-5-4-6-11-7-9-16-10-11/h7,9-10H,5,8H2,1-3H3,(H,14,15). The van der Waals surface area contributed by atoms with Gasteiger partial charge in [0, 0.05) is 13.0 Å². The van der Waals surface area contributed by atoms with Crippen LogP contribution in [0.3, 0.4) is 0 Å². The maximum absolute atomic E-state index is 11.3. The molecular formula is C13H17NO3. The number of hydrogen-bond acceptors (Lipinski definition) is 3. The van der Waals surface area contributed by atoms with E-state index in [0.29, 0.717) is 13.0 Å². The first-order valence-electron chi connectivity index (χ1n) is 5.45. The number of carbonyl (C=O) groups is 1. The normalized spacial score (nSPS) is 10.3. The Kier molecular flexibility index (Phi) is 4.65. The molecule has 0 saturated carbocycles. The van der Waals surface area contributed by atoms with Crippen LogP contribution >= 0.6 is 0 Å². The average Bonchev–Trinajstić information content (AvgIpc) is 2.67. The summed E-state index contributed by atoms with van der Waals surface area (Å²) in [7, 11) is 0. The number of carbonyl (C=O) groups excluding carboxylic acids is 1. The molecule has 0 aliphatic heterocycles. The van der Waals surface area contributed by atoms with Gasteiger partial charge in [-0.05, 0) is 26.8 Å². The molecule has 1 amide bonds. The number of ether oxygens (including phenoxy) is 1. The van der Waals surface area contributed by atoms with Crippen molar-refractivity contribution in [3.05, 3.63) is 24.2 Å². The van der Waals surface area contributed by atoms with Gasteiger partial charge >= 0.3 is 6.09 Å². The van der Waals surface area contributed by atoms with E-state index in [2.05, 4.69) is 17.2 Å². The molecule has 92 valence electrons. The van der Waals surface area contributed by atoms with Crippen molar-refractivity contribution in [3.63, 3.8) is 0 Å². The van der Waals surface area contributed by atoms with Gasteiger partial charge in [-0.15, -0.1) is 0 Å². The van der Waals surface area contributed by atoms with Gasteiger partial charge in [-0.2, -0.15) is 0 Å². The number of amides is 1. The second-order valence-corrected chi connectivity index (χ2v) is 4.49. The zero-order chi connectivity index (χ0) is 12.7. The van der Waals surface area contributed by atoms with Gasteiger partial charge in [0.15, 0.2) is 0 Å². The molecule has 0 bridgehead atoms. The molecule has 0 fully saturated rings. The topological polar surface area (TPSA) is 51.5 Å². The second-order valence-electron chi connectivity index (χ2n) is 4.49. The highest BCUT2D eigenvalue weighted by Gasteiger charge is 2.15. The SMILES string of the molecule is CC(C)(C)OC(=O)NCCC#Cc1ccoc1. The van der Waals surface area contributed by atoms with Crippen molar-refractivity contribution < 1.29 is 13.9 Å². The molecule has 17 heavy (non-hydrogen) atoms. The monoisotopic (exact) mass is 235 g/mol. The molecule has 1 N–H and O–H groups in total. The van der Waals surface area contributed by atoms with Crippen LogP contribution in [0.25, 0.3) is 0 Å². The number of alkyl carbamates (subject to hydrolysis) is 1. The lowest BCUT2D eigenvalue weighted by Gasteiger charge is -2.19. The largest absolute Gasteiger partial charge is 0.471 e. The Morgan fingerprint density at radius 2 is 2.29 bits per heavy atom.